The molecule has 0 spiro atoms. The van der Waals surface area contributed by atoms with Crippen molar-refractivity contribution < 1.29 is 23.9 Å². The minimum Gasteiger partial charge on any atom is -0.493 e. The van der Waals surface area contributed by atoms with Crippen molar-refractivity contribution in [2.45, 2.75) is 24.0 Å². The van der Waals surface area contributed by atoms with Crippen LogP contribution >= 0.6 is 11.8 Å². The van der Waals surface area contributed by atoms with Gasteiger partial charge < -0.3 is 25.4 Å². The molecular formula is C40H37N3O5S. The molecule has 5 aromatic rings. The number of rotatable bonds is 12. The van der Waals surface area contributed by atoms with E-state index in [9.17, 15) is 14.4 Å². The average molecular weight is 672 g/mol. The molecule has 1 atom stereocenters. The van der Waals surface area contributed by atoms with Crippen LogP contribution in [-0.4, -0.2) is 31.9 Å². The average Bonchev–Trinajstić information content (AvgIpc) is 3.12. The number of ether oxygens (including phenoxy) is 2. The second-order valence-corrected chi connectivity index (χ2v) is 12.3. The Labute approximate surface area is 290 Å². The van der Waals surface area contributed by atoms with Crippen molar-refractivity contribution in [1.82, 2.24) is 5.32 Å². The number of carbonyl (C=O) groups is 3. The van der Waals surface area contributed by atoms with E-state index in [4.69, 9.17) is 9.47 Å². The number of hydrogen-bond donors (Lipinski definition) is 3. The minimum atomic E-state index is -0.575. The maximum atomic E-state index is 13.8. The number of thioether (sulfide) groups is 1. The molecule has 5 aromatic carbocycles. The van der Waals surface area contributed by atoms with Crippen molar-refractivity contribution in [2.24, 2.45) is 0 Å². The smallest absolute Gasteiger partial charge is 0.272 e. The summed E-state index contributed by atoms with van der Waals surface area (Å²) in [6, 6.07) is 36.6. The molecule has 0 aliphatic heterocycles. The molecule has 1 unspecified atom stereocenters. The Bertz CT molecular complexity index is 1980. The maximum absolute atomic E-state index is 13.8. The van der Waals surface area contributed by atoms with E-state index in [1.807, 2.05) is 74.5 Å². The van der Waals surface area contributed by atoms with Gasteiger partial charge in [-0.15, -0.1) is 11.8 Å². The lowest BCUT2D eigenvalue weighted by Crippen LogP contribution is -2.30. The van der Waals surface area contributed by atoms with Crippen LogP contribution in [0.15, 0.2) is 132 Å². The molecule has 9 heteroatoms. The normalized spacial score (nSPS) is 11.6. The lowest BCUT2D eigenvalue weighted by Gasteiger charge is -2.19. The van der Waals surface area contributed by atoms with E-state index in [0.29, 0.717) is 28.3 Å². The number of aryl methyl sites for hydroxylation is 2. The fraction of sp³-hybridized carbons (Fsp3) is 0.125. The molecule has 0 heterocycles. The Morgan fingerprint density at radius 3 is 2.14 bits per heavy atom. The molecule has 0 saturated heterocycles. The first kappa shape index (κ1) is 34.5. The first-order valence-electron chi connectivity index (χ1n) is 15.6. The zero-order valence-corrected chi connectivity index (χ0v) is 28.5. The Morgan fingerprint density at radius 1 is 0.735 bits per heavy atom. The van der Waals surface area contributed by atoms with E-state index >= 15 is 0 Å². The molecular weight excluding hydrogens is 635 g/mol. The van der Waals surface area contributed by atoms with Crippen molar-refractivity contribution in [3.8, 4) is 11.5 Å². The van der Waals surface area contributed by atoms with Crippen molar-refractivity contribution >= 4 is 46.9 Å². The van der Waals surface area contributed by atoms with Gasteiger partial charge in [-0.05, 0) is 73.5 Å². The summed E-state index contributed by atoms with van der Waals surface area (Å²) in [5, 5.41) is 8.19. The van der Waals surface area contributed by atoms with Gasteiger partial charge in [0, 0.05) is 27.4 Å². The second kappa shape index (κ2) is 16.3. The maximum Gasteiger partial charge on any atom is 0.272 e. The SMILES string of the molecule is COc1cccc(/C=C(/NC(=O)c2ccccc2)C(=O)Nc2cccc(SC(C(=O)Nc3ccc(C)cc3C)c3ccccc3)c2)c1OC. The van der Waals surface area contributed by atoms with Crippen molar-refractivity contribution in [3.63, 3.8) is 0 Å². The van der Waals surface area contributed by atoms with Crippen molar-refractivity contribution in [2.75, 3.05) is 24.9 Å². The molecule has 0 saturated carbocycles. The minimum absolute atomic E-state index is 0.00605. The summed E-state index contributed by atoms with van der Waals surface area (Å²) >= 11 is 1.37. The summed E-state index contributed by atoms with van der Waals surface area (Å²) in [4.78, 5) is 41.5. The lowest BCUT2D eigenvalue weighted by molar-refractivity contribution is -0.116. The topological polar surface area (TPSA) is 106 Å². The number of para-hydroxylation sites is 1. The standard InChI is InChI=1S/C40H37N3O5S/c1-26-21-22-33(27(2)23-26)42-40(46)37(28-13-7-5-8-14-28)49-32-19-12-18-31(25-32)41-39(45)34(43-38(44)29-15-9-6-10-16-29)24-30-17-11-20-35(47-3)36(30)48-4/h5-25,37H,1-4H3,(H,41,45)(H,42,46)(H,43,44)/b34-24+. The van der Waals surface area contributed by atoms with Gasteiger partial charge >= 0.3 is 0 Å². The zero-order valence-electron chi connectivity index (χ0n) is 27.7. The van der Waals surface area contributed by atoms with E-state index in [1.54, 1.807) is 66.7 Å². The van der Waals surface area contributed by atoms with Crippen LogP contribution in [0, 0.1) is 13.8 Å². The fourth-order valence-electron chi connectivity index (χ4n) is 5.16. The van der Waals surface area contributed by atoms with E-state index < -0.39 is 17.1 Å². The molecule has 0 bridgehead atoms. The first-order valence-corrected chi connectivity index (χ1v) is 16.4. The number of nitrogens with one attached hydrogen (secondary N) is 3. The molecule has 0 radical (unpaired) electrons. The summed E-state index contributed by atoms with van der Waals surface area (Å²) in [6.07, 6.45) is 1.54. The van der Waals surface area contributed by atoms with Crippen LogP contribution in [0.1, 0.15) is 37.9 Å². The van der Waals surface area contributed by atoms with Gasteiger partial charge in [0.2, 0.25) is 5.91 Å². The summed E-state index contributed by atoms with van der Waals surface area (Å²) < 4.78 is 11.0. The number of carbonyl (C=O) groups excluding carboxylic acids is 3. The van der Waals surface area contributed by atoms with E-state index in [0.717, 1.165) is 27.3 Å². The highest BCUT2D eigenvalue weighted by molar-refractivity contribution is 8.00. The van der Waals surface area contributed by atoms with Gasteiger partial charge in [0.15, 0.2) is 11.5 Å². The van der Waals surface area contributed by atoms with Crippen LogP contribution in [0.25, 0.3) is 6.08 Å². The molecule has 0 aliphatic carbocycles. The Morgan fingerprint density at radius 2 is 1.45 bits per heavy atom. The first-order chi connectivity index (χ1) is 23.7. The van der Waals surface area contributed by atoms with Gasteiger partial charge in [0.25, 0.3) is 11.8 Å². The van der Waals surface area contributed by atoms with Crippen LogP contribution in [0.3, 0.4) is 0 Å². The van der Waals surface area contributed by atoms with E-state index in [2.05, 4.69) is 16.0 Å². The van der Waals surface area contributed by atoms with Gasteiger partial charge in [-0.3, -0.25) is 14.4 Å². The largest absolute Gasteiger partial charge is 0.493 e. The highest BCUT2D eigenvalue weighted by Crippen LogP contribution is 2.38. The number of amides is 3. The van der Waals surface area contributed by atoms with Gasteiger partial charge in [-0.1, -0.05) is 84.4 Å². The number of anilines is 2. The van der Waals surface area contributed by atoms with Gasteiger partial charge in [0.1, 0.15) is 10.9 Å². The molecule has 0 aliphatic rings. The highest BCUT2D eigenvalue weighted by atomic mass is 32.2. The molecule has 248 valence electrons. The third-order valence-electron chi connectivity index (χ3n) is 7.59. The summed E-state index contributed by atoms with van der Waals surface area (Å²) in [6.45, 7) is 3.98. The van der Waals surface area contributed by atoms with Crippen LogP contribution in [-0.2, 0) is 9.59 Å². The van der Waals surface area contributed by atoms with Gasteiger partial charge in [0.05, 0.1) is 14.2 Å². The van der Waals surface area contributed by atoms with Crippen LogP contribution in [0.5, 0.6) is 11.5 Å². The third-order valence-corrected chi connectivity index (χ3v) is 8.84. The van der Waals surface area contributed by atoms with Crippen LogP contribution < -0.4 is 25.4 Å². The molecule has 3 amide bonds. The molecule has 5 rings (SSSR count). The monoisotopic (exact) mass is 671 g/mol. The molecule has 0 fully saturated rings. The summed E-state index contributed by atoms with van der Waals surface area (Å²) in [7, 11) is 3.03. The van der Waals surface area contributed by atoms with E-state index in [1.165, 1.54) is 26.0 Å². The van der Waals surface area contributed by atoms with Crippen LogP contribution in [0.2, 0.25) is 0 Å². The van der Waals surface area contributed by atoms with Gasteiger partial charge in [-0.25, -0.2) is 0 Å². The Hall–Kier alpha value is -5.80. The molecule has 8 nitrogen and oxygen atoms in total. The second-order valence-electron chi connectivity index (χ2n) is 11.2. The quantitative estimate of drug-likeness (QED) is 0.0913. The Balaban J connectivity index is 1.42. The zero-order chi connectivity index (χ0) is 34.8. The number of methoxy groups -OCH3 is 2. The highest BCUT2D eigenvalue weighted by Gasteiger charge is 2.23. The fourth-order valence-corrected chi connectivity index (χ4v) is 6.24. The van der Waals surface area contributed by atoms with E-state index in [-0.39, 0.29) is 11.6 Å². The molecule has 49 heavy (non-hydrogen) atoms. The predicted octanol–water partition coefficient (Wildman–Crippen LogP) is 8.20. The van der Waals surface area contributed by atoms with Crippen molar-refractivity contribution in [3.05, 3.63) is 155 Å². The molecule has 0 aromatic heterocycles. The Kier molecular flexibility index (Phi) is 11.5. The van der Waals surface area contributed by atoms with Gasteiger partial charge in [-0.2, -0.15) is 0 Å². The van der Waals surface area contributed by atoms with Crippen molar-refractivity contribution in [1.29, 1.82) is 0 Å². The number of benzene rings is 5. The predicted molar refractivity (Wildman–Crippen MR) is 196 cm³/mol. The summed E-state index contributed by atoms with van der Waals surface area (Å²) in [5.74, 6) is -0.283. The lowest BCUT2D eigenvalue weighted by atomic mass is 10.1. The number of hydrogen-bond acceptors (Lipinski definition) is 6. The van der Waals surface area contributed by atoms with Crippen LogP contribution in [0.4, 0.5) is 11.4 Å². The summed E-state index contributed by atoms with van der Waals surface area (Å²) in [5.41, 5.74) is 5.08. The molecule has 3 N–H and O–H groups in total. The third kappa shape index (κ3) is 8.97.